The average molecular weight is 495 g/mol. The number of nitrogens with zero attached hydrogens (tertiary/aromatic N) is 3. The van der Waals surface area contributed by atoms with Crippen LogP contribution in [-0.4, -0.2) is 51.5 Å². The van der Waals surface area contributed by atoms with Crippen LogP contribution in [0.4, 0.5) is 0 Å². The van der Waals surface area contributed by atoms with E-state index in [0.29, 0.717) is 23.9 Å². The molecular weight excluding hydrogens is 464 g/mol. The van der Waals surface area contributed by atoms with Crippen molar-refractivity contribution in [1.29, 1.82) is 0 Å². The molecule has 7 nitrogen and oxygen atoms in total. The Morgan fingerprint density at radius 2 is 1.73 bits per heavy atom. The number of aromatic nitrogens is 2. The Kier molecular flexibility index (Phi) is 5.91. The van der Waals surface area contributed by atoms with Crippen molar-refractivity contribution in [2.75, 3.05) is 20.1 Å². The number of carbonyl (C=O) groups excluding carboxylic acids is 2. The second kappa shape index (κ2) is 9.39. The first-order valence-corrected chi connectivity index (χ1v) is 12.9. The number of phenols is 1. The zero-order valence-corrected chi connectivity index (χ0v) is 20.9. The monoisotopic (exact) mass is 494 g/mol. The topological polar surface area (TPSA) is 87.5 Å². The van der Waals surface area contributed by atoms with Crippen LogP contribution in [0.3, 0.4) is 0 Å². The summed E-state index contributed by atoms with van der Waals surface area (Å²) in [6, 6.07) is 21.0. The lowest BCUT2D eigenvalue weighted by atomic mass is 10.0. The molecule has 2 heterocycles. The van der Waals surface area contributed by atoms with Gasteiger partial charge in [0.25, 0.3) is 5.91 Å². The normalized spacial score (nSPS) is 17.3. The van der Waals surface area contributed by atoms with Crippen LogP contribution in [0.15, 0.2) is 66.7 Å². The smallest absolute Gasteiger partial charge is 0.253 e. The second-order valence-electron chi connectivity index (χ2n) is 10.1. The predicted octanol–water partition coefficient (Wildman–Crippen LogP) is 4.69. The van der Waals surface area contributed by atoms with E-state index in [1.807, 2.05) is 59.5 Å². The van der Waals surface area contributed by atoms with Crippen LogP contribution in [-0.2, 0) is 11.3 Å². The van der Waals surface area contributed by atoms with Crippen LogP contribution in [0.5, 0.6) is 5.75 Å². The van der Waals surface area contributed by atoms with Gasteiger partial charge in [0.1, 0.15) is 11.6 Å². The van der Waals surface area contributed by atoms with Gasteiger partial charge in [-0.1, -0.05) is 42.5 Å². The molecule has 6 rings (SSSR count). The molecule has 188 valence electrons. The lowest BCUT2D eigenvalue weighted by molar-refractivity contribution is -0.131. The summed E-state index contributed by atoms with van der Waals surface area (Å²) in [4.78, 5) is 32.4. The molecule has 2 fully saturated rings. The fraction of sp³-hybridized carbons (Fsp3) is 0.300. The molecule has 2 N–H and O–H groups in total. The van der Waals surface area contributed by atoms with Gasteiger partial charge in [-0.25, -0.2) is 4.98 Å². The van der Waals surface area contributed by atoms with E-state index in [1.54, 1.807) is 19.2 Å². The summed E-state index contributed by atoms with van der Waals surface area (Å²) >= 11 is 0. The van der Waals surface area contributed by atoms with Gasteiger partial charge in [0, 0.05) is 38.2 Å². The molecule has 0 radical (unpaired) electrons. The minimum Gasteiger partial charge on any atom is -0.508 e. The van der Waals surface area contributed by atoms with E-state index in [4.69, 9.17) is 4.98 Å². The van der Waals surface area contributed by atoms with E-state index in [9.17, 15) is 14.7 Å². The highest BCUT2D eigenvalue weighted by Crippen LogP contribution is 2.35. The average Bonchev–Trinajstić information content (AvgIpc) is 3.57. The van der Waals surface area contributed by atoms with E-state index in [0.717, 1.165) is 65.9 Å². The second-order valence-corrected chi connectivity index (χ2v) is 10.1. The molecule has 2 amide bonds. The predicted molar refractivity (Wildman–Crippen MR) is 143 cm³/mol. The van der Waals surface area contributed by atoms with Crippen LogP contribution in [0.25, 0.3) is 33.5 Å². The fourth-order valence-electron chi connectivity index (χ4n) is 5.43. The number of likely N-dealkylation sites (tertiary alicyclic amines) is 1. The van der Waals surface area contributed by atoms with Gasteiger partial charge in [0.2, 0.25) is 5.91 Å². The number of hydrogen-bond donors (Lipinski definition) is 2. The Hall–Kier alpha value is -4.13. The van der Waals surface area contributed by atoms with E-state index < -0.39 is 0 Å². The number of rotatable bonds is 6. The van der Waals surface area contributed by atoms with Crippen LogP contribution >= 0.6 is 0 Å². The van der Waals surface area contributed by atoms with Crippen molar-refractivity contribution in [3.63, 3.8) is 0 Å². The molecule has 2 aliphatic rings. The number of phenolic OH excluding ortho intramolecular Hbond substituents is 1. The molecule has 1 aromatic heterocycles. The lowest BCUT2D eigenvalue weighted by Crippen LogP contribution is -2.30. The van der Waals surface area contributed by atoms with Gasteiger partial charge in [-0.2, -0.15) is 0 Å². The lowest BCUT2D eigenvalue weighted by Gasteiger charge is -2.18. The number of hydrogen-bond acceptors (Lipinski definition) is 4. The van der Waals surface area contributed by atoms with Crippen LogP contribution < -0.4 is 5.32 Å². The first-order valence-electron chi connectivity index (χ1n) is 12.9. The van der Waals surface area contributed by atoms with Crippen molar-refractivity contribution in [3.05, 3.63) is 72.3 Å². The maximum atomic E-state index is 12.8. The number of carbonyl (C=O) groups is 2. The third-order valence-electron chi connectivity index (χ3n) is 7.53. The first kappa shape index (κ1) is 23.3. The Balaban J connectivity index is 1.38. The number of para-hydroxylation sites is 1. The maximum absolute atomic E-state index is 12.8. The molecule has 1 aliphatic carbocycles. The summed E-state index contributed by atoms with van der Waals surface area (Å²) in [6.07, 6.45) is 2.98. The van der Waals surface area contributed by atoms with Crippen LogP contribution in [0.2, 0.25) is 0 Å². The maximum Gasteiger partial charge on any atom is 0.253 e. The third kappa shape index (κ3) is 4.46. The number of benzene rings is 3. The van der Waals surface area contributed by atoms with Gasteiger partial charge < -0.3 is 19.9 Å². The van der Waals surface area contributed by atoms with Gasteiger partial charge in [-0.05, 0) is 60.6 Å². The highest BCUT2D eigenvalue weighted by molar-refractivity contribution is 6.05. The number of imidazole rings is 1. The summed E-state index contributed by atoms with van der Waals surface area (Å²) in [7, 11) is 1.64. The number of fused-ring (bicyclic) bond motifs is 1. The van der Waals surface area contributed by atoms with Crippen molar-refractivity contribution < 1.29 is 14.7 Å². The molecule has 0 spiro atoms. The zero-order chi connectivity index (χ0) is 25.5. The van der Waals surface area contributed by atoms with Crippen molar-refractivity contribution in [1.82, 2.24) is 19.8 Å². The van der Waals surface area contributed by atoms with E-state index in [1.165, 1.54) is 0 Å². The van der Waals surface area contributed by atoms with Gasteiger partial charge >= 0.3 is 0 Å². The Morgan fingerprint density at radius 3 is 2.46 bits per heavy atom. The minimum atomic E-state index is -0.144. The molecule has 3 aromatic carbocycles. The summed E-state index contributed by atoms with van der Waals surface area (Å²) in [5.41, 5.74) is 5.08. The summed E-state index contributed by atoms with van der Waals surface area (Å²) in [5, 5.41) is 12.6. The van der Waals surface area contributed by atoms with Crippen LogP contribution in [0, 0.1) is 11.8 Å². The molecule has 1 saturated heterocycles. The largest absolute Gasteiger partial charge is 0.508 e. The summed E-state index contributed by atoms with van der Waals surface area (Å²) < 4.78 is 2.17. The number of amides is 2. The molecule has 7 heteroatoms. The highest BCUT2D eigenvalue weighted by atomic mass is 16.3. The number of aromatic hydroxyl groups is 1. The highest BCUT2D eigenvalue weighted by Gasteiger charge is 2.37. The molecule has 1 aliphatic heterocycles. The van der Waals surface area contributed by atoms with Crippen molar-refractivity contribution >= 4 is 22.8 Å². The van der Waals surface area contributed by atoms with Gasteiger partial charge in [-0.15, -0.1) is 0 Å². The molecular formula is C30H30N4O3. The molecule has 4 aromatic rings. The van der Waals surface area contributed by atoms with Crippen molar-refractivity contribution in [3.8, 4) is 28.3 Å². The van der Waals surface area contributed by atoms with Crippen LogP contribution in [0.1, 0.15) is 29.6 Å². The van der Waals surface area contributed by atoms with Crippen molar-refractivity contribution in [2.45, 2.75) is 25.8 Å². The molecule has 1 atom stereocenters. The van der Waals surface area contributed by atoms with Gasteiger partial charge in [-0.3, -0.25) is 9.59 Å². The van der Waals surface area contributed by atoms with E-state index in [2.05, 4.69) is 9.88 Å². The summed E-state index contributed by atoms with van der Waals surface area (Å²) in [5.74, 6) is 1.72. The van der Waals surface area contributed by atoms with E-state index in [-0.39, 0.29) is 17.6 Å². The van der Waals surface area contributed by atoms with Gasteiger partial charge in [0.15, 0.2) is 0 Å². The molecule has 0 unspecified atom stereocenters. The van der Waals surface area contributed by atoms with Gasteiger partial charge in [0.05, 0.1) is 16.6 Å². The van der Waals surface area contributed by atoms with Crippen molar-refractivity contribution in [2.24, 2.45) is 11.8 Å². The quantitative estimate of drug-likeness (QED) is 0.407. The SMILES string of the molecule is CNC(=O)c1cccc2nc(-c3ccc(-c4cccc(O)c4)cc3)n(C[C@H]3CCN(C(=O)C4CC4)C3)c12. The third-order valence-corrected chi connectivity index (χ3v) is 7.53. The van der Waals surface area contributed by atoms with E-state index >= 15 is 0 Å². The zero-order valence-electron chi connectivity index (χ0n) is 20.9. The summed E-state index contributed by atoms with van der Waals surface area (Å²) in [6.45, 7) is 2.22. The minimum absolute atomic E-state index is 0.144. The Bertz CT molecular complexity index is 1490. The number of nitrogens with one attached hydrogen (secondary N) is 1. The fourth-order valence-corrected chi connectivity index (χ4v) is 5.43. The Labute approximate surface area is 215 Å². The standard InChI is InChI=1S/C30H30N4O3/c1-31-29(36)25-6-3-7-26-27(25)34(18-19-14-15-33(17-19)30(37)22-12-13-22)28(32-26)21-10-8-20(9-11-21)23-4-2-5-24(35)16-23/h2-11,16,19,22,35H,12-15,17-18H2,1H3,(H,31,36)/t19-/m0/s1. The first-order chi connectivity index (χ1) is 18.0. The Morgan fingerprint density at radius 1 is 0.973 bits per heavy atom. The molecule has 1 saturated carbocycles. The molecule has 0 bridgehead atoms. The molecule has 37 heavy (non-hydrogen) atoms.